The van der Waals surface area contributed by atoms with Gasteiger partial charge >= 0.3 is 0 Å². The number of benzene rings is 1. The van der Waals surface area contributed by atoms with Crippen molar-refractivity contribution in [1.82, 2.24) is 9.80 Å². The summed E-state index contributed by atoms with van der Waals surface area (Å²) in [7, 11) is 1.94. The van der Waals surface area contributed by atoms with E-state index in [1.807, 2.05) is 37.1 Å². The number of piperidine rings is 1. The number of carbonyl (C=O) groups excluding carboxylic acids is 1. The maximum atomic E-state index is 12.7. The molecule has 0 unspecified atom stereocenters. The molecule has 0 N–H and O–H groups in total. The van der Waals surface area contributed by atoms with Crippen molar-refractivity contribution in [3.05, 3.63) is 33.8 Å². The van der Waals surface area contributed by atoms with E-state index in [-0.39, 0.29) is 5.91 Å². The second kappa shape index (κ2) is 6.93. The van der Waals surface area contributed by atoms with Crippen molar-refractivity contribution in [3.63, 3.8) is 0 Å². The van der Waals surface area contributed by atoms with Gasteiger partial charge < -0.3 is 9.80 Å². The van der Waals surface area contributed by atoms with Gasteiger partial charge in [-0.15, -0.1) is 0 Å². The smallest absolute Gasteiger partial charge is 0.255 e. The van der Waals surface area contributed by atoms with Gasteiger partial charge in [-0.25, -0.2) is 0 Å². The summed E-state index contributed by atoms with van der Waals surface area (Å²) in [6.45, 7) is 8.65. The third-order valence-corrected chi connectivity index (χ3v) is 5.14. The minimum Gasteiger partial charge on any atom is -0.339 e. The van der Waals surface area contributed by atoms with Crippen LogP contribution in [0.4, 0.5) is 0 Å². The highest BCUT2D eigenvalue weighted by Crippen LogP contribution is 2.23. The van der Waals surface area contributed by atoms with Crippen molar-refractivity contribution >= 4 is 21.8 Å². The fraction of sp³-hybridized carbons (Fsp3) is 0.588. The lowest BCUT2D eigenvalue weighted by Crippen LogP contribution is -2.47. The SMILES string of the molecule is Cc1ccc(Br)c(C(=O)N(C)C2CCN(C(C)C)CC2)c1. The lowest BCUT2D eigenvalue weighted by molar-refractivity contribution is 0.0614. The average molecular weight is 353 g/mol. The fourth-order valence-corrected chi connectivity index (χ4v) is 3.36. The van der Waals surface area contributed by atoms with E-state index in [1.54, 1.807) is 0 Å². The maximum Gasteiger partial charge on any atom is 0.255 e. The topological polar surface area (TPSA) is 23.6 Å². The molecule has 1 aliphatic heterocycles. The molecule has 0 radical (unpaired) electrons. The molecule has 4 heteroatoms. The van der Waals surface area contributed by atoms with Crippen LogP contribution in [0.5, 0.6) is 0 Å². The highest BCUT2D eigenvalue weighted by molar-refractivity contribution is 9.10. The molecule has 1 heterocycles. The van der Waals surface area contributed by atoms with Crippen LogP contribution in [-0.2, 0) is 0 Å². The molecule has 0 atom stereocenters. The van der Waals surface area contributed by atoms with Crippen LogP contribution in [0.2, 0.25) is 0 Å². The lowest BCUT2D eigenvalue weighted by Gasteiger charge is -2.38. The van der Waals surface area contributed by atoms with Gasteiger partial charge in [-0.05, 0) is 61.7 Å². The van der Waals surface area contributed by atoms with E-state index in [9.17, 15) is 4.79 Å². The van der Waals surface area contributed by atoms with E-state index in [2.05, 4.69) is 34.7 Å². The number of amides is 1. The molecule has 1 saturated heterocycles. The van der Waals surface area contributed by atoms with Crippen LogP contribution in [0.25, 0.3) is 0 Å². The van der Waals surface area contributed by atoms with Crippen molar-refractivity contribution in [1.29, 1.82) is 0 Å². The zero-order valence-electron chi connectivity index (χ0n) is 13.4. The van der Waals surface area contributed by atoms with Crippen LogP contribution >= 0.6 is 15.9 Å². The van der Waals surface area contributed by atoms with Gasteiger partial charge in [-0.2, -0.15) is 0 Å². The number of aryl methyl sites for hydroxylation is 1. The Balaban J connectivity index is 2.05. The molecule has 1 aromatic carbocycles. The van der Waals surface area contributed by atoms with Crippen molar-refractivity contribution in [2.24, 2.45) is 0 Å². The number of halogens is 1. The molecule has 0 aromatic heterocycles. The number of hydrogen-bond donors (Lipinski definition) is 0. The summed E-state index contributed by atoms with van der Waals surface area (Å²) in [6, 6.07) is 6.88. The minimum atomic E-state index is 0.119. The Bertz CT molecular complexity index is 508. The summed E-state index contributed by atoms with van der Waals surface area (Å²) < 4.78 is 0.879. The molecule has 2 rings (SSSR count). The highest BCUT2D eigenvalue weighted by atomic mass is 79.9. The molecule has 0 spiro atoms. The Morgan fingerprint density at radius 3 is 2.52 bits per heavy atom. The van der Waals surface area contributed by atoms with Crippen molar-refractivity contribution in [2.45, 2.75) is 45.7 Å². The van der Waals surface area contributed by atoms with E-state index >= 15 is 0 Å². The van der Waals surface area contributed by atoms with E-state index < -0.39 is 0 Å². The average Bonchev–Trinajstić information content (AvgIpc) is 2.48. The Morgan fingerprint density at radius 1 is 1.33 bits per heavy atom. The number of hydrogen-bond acceptors (Lipinski definition) is 2. The summed E-state index contributed by atoms with van der Waals surface area (Å²) in [5, 5.41) is 0. The van der Waals surface area contributed by atoms with E-state index in [1.165, 1.54) is 0 Å². The molecular formula is C17H25BrN2O. The zero-order valence-corrected chi connectivity index (χ0v) is 15.0. The first-order chi connectivity index (χ1) is 9.90. The van der Waals surface area contributed by atoms with Crippen LogP contribution in [0.3, 0.4) is 0 Å². The molecule has 1 fully saturated rings. The van der Waals surface area contributed by atoms with Crippen LogP contribution in [0, 0.1) is 6.92 Å². The molecule has 21 heavy (non-hydrogen) atoms. The summed E-state index contributed by atoms with van der Waals surface area (Å²) in [6.07, 6.45) is 2.12. The second-order valence-electron chi connectivity index (χ2n) is 6.26. The third-order valence-electron chi connectivity index (χ3n) is 4.45. The second-order valence-corrected chi connectivity index (χ2v) is 7.11. The maximum absolute atomic E-state index is 12.7. The molecule has 1 aliphatic rings. The van der Waals surface area contributed by atoms with Crippen molar-refractivity contribution in [2.75, 3.05) is 20.1 Å². The standard InChI is InChI=1S/C17H25BrN2O/c1-12(2)20-9-7-14(8-10-20)19(4)17(21)15-11-13(3)5-6-16(15)18/h5-6,11-12,14H,7-10H2,1-4H3. The van der Waals surface area contributed by atoms with Gasteiger partial charge in [-0.3, -0.25) is 4.79 Å². The largest absolute Gasteiger partial charge is 0.339 e. The zero-order chi connectivity index (χ0) is 15.6. The number of rotatable bonds is 3. The first-order valence-corrected chi connectivity index (χ1v) is 8.47. The molecule has 0 aliphatic carbocycles. The Labute approximate surface area is 136 Å². The highest BCUT2D eigenvalue weighted by Gasteiger charge is 2.27. The van der Waals surface area contributed by atoms with Gasteiger partial charge in [0.25, 0.3) is 5.91 Å². The van der Waals surface area contributed by atoms with Crippen molar-refractivity contribution < 1.29 is 4.79 Å². The number of nitrogens with zero attached hydrogens (tertiary/aromatic N) is 2. The molecule has 1 aromatic rings. The summed E-state index contributed by atoms with van der Waals surface area (Å²) >= 11 is 3.50. The van der Waals surface area contributed by atoms with Crippen LogP contribution in [0.1, 0.15) is 42.6 Å². The van der Waals surface area contributed by atoms with Gasteiger partial charge in [0.2, 0.25) is 0 Å². The first-order valence-electron chi connectivity index (χ1n) is 7.67. The van der Waals surface area contributed by atoms with E-state index in [0.29, 0.717) is 12.1 Å². The molecule has 0 bridgehead atoms. The van der Waals surface area contributed by atoms with Gasteiger partial charge in [0.1, 0.15) is 0 Å². The van der Waals surface area contributed by atoms with Crippen molar-refractivity contribution in [3.8, 4) is 0 Å². The fourth-order valence-electron chi connectivity index (χ4n) is 2.95. The molecule has 0 saturated carbocycles. The summed E-state index contributed by atoms with van der Waals surface area (Å²) in [5.41, 5.74) is 1.88. The van der Waals surface area contributed by atoms with Gasteiger partial charge in [0.05, 0.1) is 5.56 Å². The van der Waals surface area contributed by atoms with Crippen LogP contribution in [0.15, 0.2) is 22.7 Å². The quantitative estimate of drug-likeness (QED) is 0.827. The van der Waals surface area contributed by atoms with Crippen LogP contribution in [-0.4, -0.2) is 47.9 Å². The van der Waals surface area contributed by atoms with Crippen LogP contribution < -0.4 is 0 Å². The monoisotopic (exact) mass is 352 g/mol. The molecule has 1 amide bonds. The van der Waals surface area contributed by atoms with E-state index in [4.69, 9.17) is 0 Å². The van der Waals surface area contributed by atoms with Gasteiger partial charge in [-0.1, -0.05) is 11.6 Å². The van der Waals surface area contributed by atoms with E-state index in [0.717, 1.165) is 41.5 Å². The minimum absolute atomic E-state index is 0.119. The Morgan fingerprint density at radius 2 is 1.95 bits per heavy atom. The predicted octanol–water partition coefficient (Wildman–Crippen LogP) is 3.70. The first kappa shape index (κ1) is 16.5. The van der Waals surface area contributed by atoms with Gasteiger partial charge in [0, 0.05) is 36.7 Å². The third kappa shape index (κ3) is 3.86. The summed E-state index contributed by atoms with van der Waals surface area (Å²) in [4.78, 5) is 17.1. The number of likely N-dealkylation sites (tertiary alicyclic amines) is 1. The Hall–Kier alpha value is -0.870. The lowest BCUT2D eigenvalue weighted by atomic mass is 10.0. The normalized spacial score (nSPS) is 17.2. The molecule has 116 valence electrons. The number of carbonyl (C=O) groups is 1. The Kier molecular flexibility index (Phi) is 5.44. The predicted molar refractivity (Wildman–Crippen MR) is 90.7 cm³/mol. The van der Waals surface area contributed by atoms with Gasteiger partial charge in [0.15, 0.2) is 0 Å². The molecular weight excluding hydrogens is 328 g/mol. The molecule has 3 nitrogen and oxygen atoms in total. The summed E-state index contributed by atoms with van der Waals surface area (Å²) in [5.74, 6) is 0.119.